The Morgan fingerprint density at radius 1 is 1.19 bits per heavy atom. The van der Waals surface area contributed by atoms with Crippen LogP contribution in [0, 0.1) is 0 Å². The van der Waals surface area contributed by atoms with Crippen LogP contribution in [-0.4, -0.2) is 48.9 Å². The van der Waals surface area contributed by atoms with Gasteiger partial charge in [0.15, 0.2) is 0 Å². The molecule has 0 aromatic carbocycles. The van der Waals surface area contributed by atoms with Gasteiger partial charge in [-0.3, -0.25) is 0 Å². The number of ether oxygens (including phenoxy) is 2. The molecule has 1 aromatic heterocycles. The molecule has 2 N–H and O–H groups in total. The summed E-state index contributed by atoms with van der Waals surface area (Å²) in [6, 6.07) is 0.270. The fourth-order valence-corrected chi connectivity index (χ4v) is 0.957. The largest absolute Gasteiger partial charge is 0.467 e. The lowest BCUT2D eigenvalue weighted by Gasteiger charge is -2.11. The van der Waals surface area contributed by atoms with Crippen molar-refractivity contribution < 1.29 is 9.47 Å². The number of rotatable bonds is 6. The molecule has 0 amide bonds. The first-order valence-electron chi connectivity index (χ1n) is 4.94. The van der Waals surface area contributed by atoms with Crippen molar-refractivity contribution in [1.82, 2.24) is 15.0 Å². The Morgan fingerprint density at radius 3 is 2.44 bits per heavy atom. The highest BCUT2D eigenvalue weighted by atomic mass is 16.5. The number of hydrogen-bond donors (Lipinski definition) is 2. The summed E-state index contributed by atoms with van der Waals surface area (Å²) in [6.07, 6.45) is 0.0841. The fourth-order valence-electron chi connectivity index (χ4n) is 0.957. The molecule has 0 saturated carbocycles. The zero-order chi connectivity index (χ0) is 12.0. The van der Waals surface area contributed by atoms with E-state index >= 15 is 0 Å². The van der Waals surface area contributed by atoms with E-state index in [0.717, 1.165) is 0 Å². The van der Waals surface area contributed by atoms with Crippen molar-refractivity contribution in [3.8, 4) is 6.01 Å². The van der Waals surface area contributed by atoms with Gasteiger partial charge in [0.05, 0.1) is 13.2 Å². The molecule has 1 unspecified atom stereocenters. The first-order valence-corrected chi connectivity index (χ1v) is 4.94. The highest BCUT2D eigenvalue weighted by Gasteiger charge is 2.06. The molecule has 1 heterocycles. The second-order valence-corrected chi connectivity index (χ2v) is 3.15. The minimum Gasteiger partial charge on any atom is -0.467 e. The summed E-state index contributed by atoms with van der Waals surface area (Å²) in [5.41, 5.74) is 0. The van der Waals surface area contributed by atoms with Gasteiger partial charge < -0.3 is 20.1 Å². The zero-order valence-electron chi connectivity index (χ0n) is 9.94. The molecule has 1 atom stereocenters. The van der Waals surface area contributed by atoms with E-state index in [2.05, 4.69) is 25.6 Å². The molecule has 16 heavy (non-hydrogen) atoms. The second kappa shape index (κ2) is 6.06. The van der Waals surface area contributed by atoms with Gasteiger partial charge in [-0.2, -0.15) is 15.0 Å². The van der Waals surface area contributed by atoms with E-state index in [1.807, 2.05) is 6.92 Å². The lowest BCUT2D eigenvalue weighted by Crippen LogP contribution is -2.20. The van der Waals surface area contributed by atoms with Crippen molar-refractivity contribution in [3.63, 3.8) is 0 Å². The first kappa shape index (κ1) is 12.4. The quantitative estimate of drug-likeness (QED) is 0.726. The summed E-state index contributed by atoms with van der Waals surface area (Å²) < 4.78 is 10.1. The maximum absolute atomic E-state index is 5.10. The van der Waals surface area contributed by atoms with E-state index in [4.69, 9.17) is 9.47 Å². The predicted octanol–water partition coefficient (Wildman–Crippen LogP) is 0.369. The van der Waals surface area contributed by atoms with Crippen molar-refractivity contribution in [2.45, 2.75) is 13.0 Å². The molecule has 0 fully saturated rings. The number of hydrogen-bond acceptors (Lipinski definition) is 7. The van der Waals surface area contributed by atoms with Crippen LogP contribution in [0.3, 0.4) is 0 Å². The topological polar surface area (TPSA) is 81.2 Å². The molecule has 1 aromatic rings. The molecular formula is C9H17N5O2. The van der Waals surface area contributed by atoms with E-state index in [0.29, 0.717) is 18.4 Å². The normalized spacial score (nSPS) is 12.0. The van der Waals surface area contributed by atoms with Crippen LogP contribution in [-0.2, 0) is 4.74 Å². The molecule has 7 nitrogen and oxygen atoms in total. The third kappa shape index (κ3) is 3.50. The zero-order valence-corrected chi connectivity index (χ0v) is 9.94. The Kier molecular flexibility index (Phi) is 4.71. The summed E-state index contributed by atoms with van der Waals surface area (Å²) in [7, 11) is 4.89. The first-order chi connectivity index (χ1) is 7.69. The number of methoxy groups -OCH3 is 2. The Balaban J connectivity index is 2.71. The standard InChI is InChI=1S/C9H17N5O2/c1-6(15-3)5-11-8-12-7(10-2)13-9(14-8)16-4/h6H,5H2,1-4H3,(H2,10,11,12,13,14). The van der Waals surface area contributed by atoms with Crippen LogP contribution in [0.15, 0.2) is 0 Å². The minimum atomic E-state index is 0.0841. The van der Waals surface area contributed by atoms with Crippen LogP contribution >= 0.6 is 0 Å². The van der Waals surface area contributed by atoms with Crippen LogP contribution in [0.5, 0.6) is 6.01 Å². The molecule has 0 aliphatic heterocycles. The van der Waals surface area contributed by atoms with Gasteiger partial charge in [0.25, 0.3) is 0 Å². The van der Waals surface area contributed by atoms with Crippen LogP contribution in [0.4, 0.5) is 11.9 Å². The summed E-state index contributed by atoms with van der Waals surface area (Å²) >= 11 is 0. The van der Waals surface area contributed by atoms with Crippen molar-refractivity contribution in [2.24, 2.45) is 0 Å². The number of nitrogens with one attached hydrogen (secondary N) is 2. The van der Waals surface area contributed by atoms with Gasteiger partial charge in [-0.25, -0.2) is 0 Å². The molecule has 0 bridgehead atoms. The van der Waals surface area contributed by atoms with Gasteiger partial charge in [0.1, 0.15) is 0 Å². The lowest BCUT2D eigenvalue weighted by atomic mass is 10.4. The smallest absolute Gasteiger partial charge is 0.322 e. The summed E-state index contributed by atoms with van der Waals surface area (Å²) in [5.74, 6) is 0.916. The molecule has 0 aliphatic carbocycles. The lowest BCUT2D eigenvalue weighted by molar-refractivity contribution is 0.128. The van der Waals surface area contributed by atoms with Crippen molar-refractivity contribution in [1.29, 1.82) is 0 Å². The average molecular weight is 227 g/mol. The van der Waals surface area contributed by atoms with Gasteiger partial charge in [-0.15, -0.1) is 0 Å². The van der Waals surface area contributed by atoms with Crippen LogP contribution in [0.2, 0.25) is 0 Å². The predicted molar refractivity (Wildman–Crippen MR) is 60.9 cm³/mol. The number of anilines is 2. The van der Waals surface area contributed by atoms with E-state index in [-0.39, 0.29) is 12.1 Å². The monoisotopic (exact) mass is 227 g/mol. The number of nitrogens with zero attached hydrogens (tertiary/aromatic N) is 3. The Bertz CT molecular complexity index is 311. The van der Waals surface area contributed by atoms with Crippen molar-refractivity contribution in [3.05, 3.63) is 0 Å². The van der Waals surface area contributed by atoms with Crippen LogP contribution < -0.4 is 15.4 Å². The van der Waals surface area contributed by atoms with E-state index < -0.39 is 0 Å². The second-order valence-electron chi connectivity index (χ2n) is 3.15. The van der Waals surface area contributed by atoms with Gasteiger partial charge in [-0.05, 0) is 6.92 Å². The SMILES string of the molecule is CNc1nc(NCC(C)OC)nc(OC)n1. The fraction of sp³-hybridized carbons (Fsp3) is 0.667. The summed E-state index contributed by atoms with van der Waals surface area (Å²) in [4.78, 5) is 12.2. The van der Waals surface area contributed by atoms with Crippen molar-refractivity contribution in [2.75, 3.05) is 38.4 Å². The van der Waals surface area contributed by atoms with Gasteiger partial charge in [0, 0.05) is 20.7 Å². The molecule has 0 saturated heterocycles. The Labute approximate surface area is 94.6 Å². The average Bonchev–Trinajstić information content (AvgIpc) is 2.35. The van der Waals surface area contributed by atoms with Crippen LogP contribution in [0.25, 0.3) is 0 Å². The molecule has 7 heteroatoms. The van der Waals surface area contributed by atoms with Gasteiger partial charge in [-0.1, -0.05) is 0 Å². The Morgan fingerprint density at radius 2 is 1.88 bits per heavy atom. The minimum absolute atomic E-state index is 0.0841. The van der Waals surface area contributed by atoms with E-state index in [1.54, 1.807) is 14.2 Å². The highest BCUT2D eigenvalue weighted by molar-refractivity contribution is 5.35. The van der Waals surface area contributed by atoms with Gasteiger partial charge in [0.2, 0.25) is 11.9 Å². The summed E-state index contributed by atoms with van der Waals surface area (Å²) in [5, 5.41) is 5.87. The molecule has 90 valence electrons. The highest BCUT2D eigenvalue weighted by Crippen LogP contribution is 2.09. The third-order valence-corrected chi connectivity index (χ3v) is 1.97. The number of aromatic nitrogens is 3. The molecule has 0 spiro atoms. The molecule has 1 rings (SSSR count). The maximum Gasteiger partial charge on any atom is 0.322 e. The maximum atomic E-state index is 5.10. The molecular weight excluding hydrogens is 210 g/mol. The third-order valence-electron chi connectivity index (χ3n) is 1.97. The van der Waals surface area contributed by atoms with Crippen molar-refractivity contribution >= 4 is 11.9 Å². The Hall–Kier alpha value is -1.63. The van der Waals surface area contributed by atoms with Gasteiger partial charge >= 0.3 is 6.01 Å². The van der Waals surface area contributed by atoms with E-state index in [9.17, 15) is 0 Å². The molecule has 0 radical (unpaired) electrons. The molecule has 0 aliphatic rings. The summed E-state index contributed by atoms with van der Waals surface area (Å²) in [6.45, 7) is 2.57. The van der Waals surface area contributed by atoms with Crippen LogP contribution in [0.1, 0.15) is 6.92 Å². The van der Waals surface area contributed by atoms with E-state index in [1.165, 1.54) is 7.11 Å².